The van der Waals surface area contributed by atoms with Crippen LogP contribution in [0, 0.1) is 5.92 Å². The highest BCUT2D eigenvalue weighted by molar-refractivity contribution is 5.52. The lowest BCUT2D eigenvalue weighted by atomic mass is 10.0. The average molecular weight is 257 g/mol. The molecule has 0 radical (unpaired) electrons. The lowest BCUT2D eigenvalue weighted by Crippen LogP contribution is -2.12. The number of hydrogen-bond acceptors (Lipinski definition) is 1. The van der Waals surface area contributed by atoms with Crippen LogP contribution in [0.4, 0.5) is 18.9 Å². The van der Waals surface area contributed by atoms with Gasteiger partial charge in [-0.2, -0.15) is 13.2 Å². The van der Waals surface area contributed by atoms with Crippen LogP contribution in [-0.2, 0) is 6.18 Å². The first-order valence-electron chi connectivity index (χ1n) is 6.47. The molecule has 18 heavy (non-hydrogen) atoms. The first-order chi connectivity index (χ1) is 8.57. The fourth-order valence-corrected chi connectivity index (χ4v) is 2.59. The Morgan fingerprint density at radius 1 is 1.11 bits per heavy atom. The first kappa shape index (κ1) is 13.2. The third-order valence-electron chi connectivity index (χ3n) is 3.58. The standard InChI is InChI=1S/C14H18F3N/c15-14(16,17)12-7-3-4-8-13(12)18-10-9-11-5-1-2-6-11/h3-4,7-8,11,18H,1-2,5-6,9-10H2. The second kappa shape index (κ2) is 5.63. The Hall–Kier alpha value is -1.19. The van der Waals surface area contributed by atoms with Gasteiger partial charge in [0.05, 0.1) is 5.56 Å². The van der Waals surface area contributed by atoms with Crippen LogP contribution in [0.3, 0.4) is 0 Å². The highest BCUT2D eigenvalue weighted by atomic mass is 19.4. The van der Waals surface area contributed by atoms with Crippen LogP contribution in [0.25, 0.3) is 0 Å². The molecule has 1 fully saturated rings. The quantitative estimate of drug-likeness (QED) is 0.824. The molecule has 0 atom stereocenters. The summed E-state index contributed by atoms with van der Waals surface area (Å²) in [5, 5.41) is 2.93. The maximum Gasteiger partial charge on any atom is 0.418 e. The summed E-state index contributed by atoms with van der Waals surface area (Å²) in [5.41, 5.74) is -0.376. The van der Waals surface area contributed by atoms with Gasteiger partial charge < -0.3 is 5.32 Å². The Morgan fingerprint density at radius 2 is 1.78 bits per heavy atom. The van der Waals surface area contributed by atoms with Crippen molar-refractivity contribution in [1.29, 1.82) is 0 Å². The highest BCUT2D eigenvalue weighted by Crippen LogP contribution is 2.35. The van der Waals surface area contributed by atoms with Gasteiger partial charge >= 0.3 is 6.18 Å². The molecule has 1 nitrogen and oxygen atoms in total. The van der Waals surface area contributed by atoms with Crippen LogP contribution in [0.15, 0.2) is 24.3 Å². The molecule has 1 aliphatic carbocycles. The van der Waals surface area contributed by atoms with Crippen LogP contribution < -0.4 is 5.32 Å². The molecule has 1 aromatic rings. The molecular formula is C14H18F3N. The van der Waals surface area contributed by atoms with E-state index in [0.717, 1.165) is 12.5 Å². The van der Waals surface area contributed by atoms with Gasteiger partial charge in [0.1, 0.15) is 0 Å². The number of rotatable bonds is 4. The molecule has 4 heteroatoms. The van der Waals surface area contributed by atoms with Gasteiger partial charge in [-0.3, -0.25) is 0 Å². The number of anilines is 1. The normalized spacial score (nSPS) is 17.1. The van der Waals surface area contributed by atoms with Crippen molar-refractivity contribution >= 4 is 5.69 Å². The first-order valence-corrected chi connectivity index (χ1v) is 6.47. The van der Waals surface area contributed by atoms with Gasteiger partial charge in [0.2, 0.25) is 0 Å². The molecule has 1 saturated carbocycles. The molecule has 0 aliphatic heterocycles. The minimum Gasteiger partial charge on any atom is -0.385 e. The summed E-state index contributed by atoms with van der Waals surface area (Å²) in [7, 11) is 0. The molecule has 0 aromatic heterocycles. The molecule has 100 valence electrons. The summed E-state index contributed by atoms with van der Waals surface area (Å²) in [6.07, 6.45) is 1.67. The Morgan fingerprint density at radius 3 is 2.44 bits per heavy atom. The fraction of sp³-hybridized carbons (Fsp3) is 0.571. The topological polar surface area (TPSA) is 12.0 Å². The van der Waals surface area contributed by atoms with Crippen LogP contribution in [0.1, 0.15) is 37.7 Å². The number of benzene rings is 1. The lowest BCUT2D eigenvalue weighted by Gasteiger charge is -2.15. The van der Waals surface area contributed by atoms with E-state index >= 15 is 0 Å². The summed E-state index contributed by atoms with van der Waals surface area (Å²) in [5.74, 6) is 0.690. The van der Waals surface area contributed by atoms with Gasteiger partial charge in [0.25, 0.3) is 0 Å². The Balaban J connectivity index is 1.92. The van der Waals surface area contributed by atoms with Gasteiger partial charge in [0.15, 0.2) is 0 Å². The van der Waals surface area contributed by atoms with Gasteiger partial charge in [0, 0.05) is 12.2 Å². The average Bonchev–Trinajstić information content (AvgIpc) is 2.81. The van der Waals surface area contributed by atoms with E-state index in [4.69, 9.17) is 0 Å². The van der Waals surface area contributed by atoms with E-state index in [9.17, 15) is 13.2 Å². The van der Waals surface area contributed by atoms with Gasteiger partial charge in [-0.25, -0.2) is 0 Å². The summed E-state index contributed by atoms with van der Waals surface area (Å²) < 4.78 is 38.2. The maximum absolute atomic E-state index is 12.7. The van der Waals surface area contributed by atoms with Crippen molar-refractivity contribution in [2.75, 3.05) is 11.9 Å². The van der Waals surface area contributed by atoms with E-state index < -0.39 is 11.7 Å². The lowest BCUT2D eigenvalue weighted by molar-refractivity contribution is -0.136. The summed E-state index contributed by atoms with van der Waals surface area (Å²) >= 11 is 0. The van der Waals surface area contributed by atoms with E-state index in [1.165, 1.54) is 37.8 Å². The molecule has 2 rings (SSSR count). The molecule has 0 amide bonds. The van der Waals surface area contributed by atoms with E-state index in [2.05, 4.69) is 5.32 Å². The van der Waals surface area contributed by atoms with Crippen molar-refractivity contribution in [2.24, 2.45) is 5.92 Å². The Labute approximate surface area is 105 Å². The van der Waals surface area contributed by atoms with Gasteiger partial charge in [-0.1, -0.05) is 37.8 Å². The van der Waals surface area contributed by atoms with E-state index in [1.807, 2.05) is 0 Å². The monoisotopic (exact) mass is 257 g/mol. The second-order valence-electron chi connectivity index (χ2n) is 4.91. The van der Waals surface area contributed by atoms with Crippen molar-refractivity contribution < 1.29 is 13.2 Å². The van der Waals surface area contributed by atoms with Crippen molar-refractivity contribution in [3.05, 3.63) is 29.8 Å². The number of hydrogen-bond donors (Lipinski definition) is 1. The van der Waals surface area contributed by atoms with Crippen molar-refractivity contribution in [3.63, 3.8) is 0 Å². The van der Waals surface area contributed by atoms with E-state index in [1.54, 1.807) is 6.07 Å². The molecular weight excluding hydrogens is 239 g/mol. The zero-order valence-electron chi connectivity index (χ0n) is 10.3. The predicted octanol–water partition coefficient (Wildman–Crippen LogP) is 4.70. The summed E-state index contributed by atoms with van der Waals surface area (Å²) in [4.78, 5) is 0. The zero-order chi connectivity index (χ0) is 13.0. The van der Waals surface area contributed by atoms with Crippen LogP contribution in [-0.4, -0.2) is 6.54 Å². The highest BCUT2D eigenvalue weighted by Gasteiger charge is 2.33. The van der Waals surface area contributed by atoms with Crippen molar-refractivity contribution in [2.45, 2.75) is 38.3 Å². The molecule has 1 aromatic carbocycles. The van der Waals surface area contributed by atoms with Gasteiger partial charge in [-0.15, -0.1) is 0 Å². The molecule has 1 N–H and O–H groups in total. The molecule has 1 aliphatic rings. The second-order valence-corrected chi connectivity index (χ2v) is 4.91. The fourth-order valence-electron chi connectivity index (χ4n) is 2.59. The summed E-state index contributed by atoms with van der Waals surface area (Å²) in [6, 6.07) is 5.67. The van der Waals surface area contributed by atoms with Crippen LogP contribution >= 0.6 is 0 Å². The third kappa shape index (κ3) is 3.40. The molecule has 0 saturated heterocycles. The minimum absolute atomic E-state index is 0.197. The SMILES string of the molecule is FC(F)(F)c1ccccc1NCCC1CCCC1. The number of halogens is 3. The maximum atomic E-state index is 12.7. The molecule has 0 spiro atoms. The molecule has 0 heterocycles. The number of para-hydroxylation sites is 1. The third-order valence-corrected chi connectivity index (χ3v) is 3.58. The Kier molecular flexibility index (Phi) is 4.15. The largest absolute Gasteiger partial charge is 0.418 e. The van der Waals surface area contributed by atoms with Crippen LogP contribution in [0.2, 0.25) is 0 Å². The zero-order valence-corrected chi connectivity index (χ0v) is 10.3. The summed E-state index contributed by atoms with van der Waals surface area (Å²) in [6.45, 7) is 0.623. The van der Waals surface area contributed by atoms with E-state index in [0.29, 0.717) is 12.5 Å². The minimum atomic E-state index is -4.28. The number of nitrogens with one attached hydrogen (secondary N) is 1. The Bertz CT molecular complexity index is 381. The molecule has 0 unspecified atom stereocenters. The van der Waals surface area contributed by atoms with Crippen molar-refractivity contribution in [3.8, 4) is 0 Å². The predicted molar refractivity (Wildman–Crippen MR) is 66.5 cm³/mol. The van der Waals surface area contributed by atoms with Gasteiger partial charge in [-0.05, 0) is 24.5 Å². The van der Waals surface area contributed by atoms with Crippen molar-refractivity contribution in [1.82, 2.24) is 0 Å². The smallest absolute Gasteiger partial charge is 0.385 e. The number of alkyl halides is 3. The van der Waals surface area contributed by atoms with E-state index in [-0.39, 0.29) is 5.69 Å². The van der Waals surface area contributed by atoms with Crippen LogP contribution in [0.5, 0.6) is 0 Å². The molecule has 0 bridgehead atoms.